The van der Waals surface area contributed by atoms with E-state index in [9.17, 15) is 9.90 Å². The van der Waals surface area contributed by atoms with Gasteiger partial charge in [0.2, 0.25) is 5.91 Å². The summed E-state index contributed by atoms with van der Waals surface area (Å²) in [4.78, 5) is 10.6. The lowest BCUT2D eigenvalue weighted by Gasteiger charge is -2.15. The molecule has 1 atom stereocenters. The molecule has 1 saturated carbocycles. The molecule has 0 heterocycles. The largest absolute Gasteiger partial charge is 0.382 e. The topological polar surface area (TPSA) is 75.4 Å². The van der Waals surface area contributed by atoms with Crippen LogP contribution in [0.25, 0.3) is 0 Å². The van der Waals surface area contributed by atoms with Gasteiger partial charge >= 0.3 is 0 Å². The minimum Gasteiger partial charge on any atom is -0.382 e. The first-order valence-electron chi connectivity index (χ1n) is 5.88. The van der Waals surface area contributed by atoms with Crippen molar-refractivity contribution in [3.8, 4) is 0 Å². The molecule has 0 aliphatic heterocycles. The number of aliphatic hydroxyl groups excluding tert-OH is 1. The highest BCUT2D eigenvalue weighted by Crippen LogP contribution is 2.21. The Morgan fingerprint density at radius 3 is 2.47 bits per heavy atom. The summed E-state index contributed by atoms with van der Waals surface area (Å²) in [6, 6.07) is 0. The zero-order valence-corrected chi connectivity index (χ0v) is 9.24. The Balaban J connectivity index is 2.10. The van der Waals surface area contributed by atoms with Crippen LogP contribution in [0, 0.1) is 5.92 Å². The summed E-state index contributed by atoms with van der Waals surface area (Å²) in [6.07, 6.45) is 6.80. The SMILES string of the molecule is NC(=O)C(O)CNCC1CCCCCC1. The molecule has 0 saturated heterocycles. The average Bonchev–Trinajstić information content (AvgIpc) is 2.46. The van der Waals surface area contributed by atoms with Gasteiger partial charge in [-0.1, -0.05) is 25.7 Å². The summed E-state index contributed by atoms with van der Waals surface area (Å²) in [5.74, 6) is 0.0518. The van der Waals surface area contributed by atoms with E-state index < -0.39 is 12.0 Å². The van der Waals surface area contributed by atoms with Crippen LogP contribution >= 0.6 is 0 Å². The molecular weight excluding hydrogens is 192 g/mol. The summed E-state index contributed by atoms with van der Waals surface area (Å²) in [6.45, 7) is 1.18. The molecule has 1 fully saturated rings. The summed E-state index contributed by atoms with van der Waals surface area (Å²) < 4.78 is 0. The molecule has 1 aliphatic rings. The van der Waals surface area contributed by atoms with Crippen molar-refractivity contribution in [2.75, 3.05) is 13.1 Å². The third-order valence-corrected chi connectivity index (χ3v) is 3.07. The number of carbonyl (C=O) groups excluding carboxylic acids is 1. The van der Waals surface area contributed by atoms with Crippen LogP contribution in [-0.2, 0) is 4.79 Å². The fourth-order valence-corrected chi connectivity index (χ4v) is 2.09. The molecule has 0 bridgehead atoms. The van der Waals surface area contributed by atoms with Gasteiger partial charge in [0.05, 0.1) is 0 Å². The van der Waals surface area contributed by atoms with Gasteiger partial charge in [-0.2, -0.15) is 0 Å². The maximum absolute atomic E-state index is 10.6. The van der Waals surface area contributed by atoms with E-state index in [-0.39, 0.29) is 6.54 Å². The van der Waals surface area contributed by atoms with Crippen molar-refractivity contribution in [3.63, 3.8) is 0 Å². The first-order chi connectivity index (χ1) is 7.20. The van der Waals surface area contributed by atoms with Gasteiger partial charge in [-0.05, 0) is 25.3 Å². The summed E-state index contributed by atoms with van der Waals surface area (Å²) >= 11 is 0. The Kier molecular flexibility index (Phi) is 5.65. The van der Waals surface area contributed by atoms with Crippen molar-refractivity contribution < 1.29 is 9.90 Å². The molecule has 0 radical (unpaired) electrons. The van der Waals surface area contributed by atoms with Gasteiger partial charge in [-0.3, -0.25) is 4.79 Å². The third-order valence-electron chi connectivity index (χ3n) is 3.07. The first kappa shape index (κ1) is 12.5. The zero-order chi connectivity index (χ0) is 11.1. The standard InChI is InChI=1S/C11H22N2O2/c12-11(15)10(14)8-13-7-9-5-3-1-2-4-6-9/h9-10,13-14H,1-8H2,(H2,12,15). The van der Waals surface area contributed by atoms with Gasteiger partial charge < -0.3 is 16.2 Å². The predicted octanol–water partition coefficient (Wildman–Crippen LogP) is 0.393. The second kappa shape index (κ2) is 6.80. The number of aliphatic hydroxyl groups is 1. The molecule has 4 nitrogen and oxygen atoms in total. The number of amides is 1. The van der Waals surface area contributed by atoms with E-state index in [0.717, 1.165) is 6.54 Å². The average molecular weight is 214 g/mol. The van der Waals surface area contributed by atoms with E-state index in [4.69, 9.17) is 5.73 Å². The molecule has 1 rings (SSSR count). The van der Waals surface area contributed by atoms with Crippen LogP contribution in [0.4, 0.5) is 0 Å². The van der Waals surface area contributed by atoms with E-state index in [2.05, 4.69) is 5.32 Å². The Morgan fingerprint density at radius 1 is 1.33 bits per heavy atom. The van der Waals surface area contributed by atoms with Crippen molar-refractivity contribution >= 4 is 5.91 Å². The van der Waals surface area contributed by atoms with Crippen molar-refractivity contribution in [1.29, 1.82) is 0 Å². The molecule has 0 spiro atoms. The highest BCUT2D eigenvalue weighted by Gasteiger charge is 2.14. The maximum Gasteiger partial charge on any atom is 0.247 e. The number of rotatable bonds is 5. The van der Waals surface area contributed by atoms with Gasteiger partial charge in [-0.15, -0.1) is 0 Å². The third kappa shape index (κ3) is 5.14. The molecule has 0 aromatic carbocycles. The molecule has 0 aromatic heterocycles. The predicted molar refractivity (Wildman–Crippen MR) is 59.3 cm³/mol. The Bertz CT molecular complexity index is 189. The molecule has 88 valence electrons. The quantitative estimate of drug-likeness (QED) is 0.580. The second-order valence-electron chi connectivity index (χ2n) is 4.43. The smallest absolute Gasteiger partial charge is 0.247 e. The summed E-state index contributed by atoms with van der Waals surface area (Å²) in [5, 5.41) is 12.3. The van der Waals surface area contributed by atoms with Crippen LogP contribution in [0.5, 0.6) is 0 Å². The van der Waals surface area contributed by atoms with Crippen molar-refractivity contribution in [2.45, 2.75) is 44.6 Å². The summed E-state index contributed by atoms with van der Waals surface area (Å²) in [5.41, 5.74) is 4.95. The molecule has 1 amide bonds. The first-order valence-corrected chi connectivity index (χ1v) is 5.88. The van der Waals surface area contributed by atoms with Crippen LogP contribution < -0.4 is 11.1 Å². The number of hydrogen-bond donors (Lipinski definition) is 3. The lowest BCUT2D eigenvalue weighted by atomic mass is 10.0. The van der Waals surface area contributed by atoms with E-state index in [1.807, 2.05) is 0 Å². The maximum atomic E-state index is 10.6. The normalized spacial score (nSPS) is 20.9. The Morgan fingerprint density at radius 2 is 1.93 bits per heavy atom. The van der Waals surface area contributed by atoms with E-state index in [1.54, 1.807) is 0 Å². The van der Waals surface area contributed by atoms with Crippen LogP contribution in [-0.4, -0.2) is 30.2 Å². The van der Waals surface area contributed by atoms with Crippen LogP contribution in [0.1, 0.15) is 38.5 Å². The zero-order valence-electron chi connectivity index (χ0n) is 9.24. The van der Waals surface area contributed by atoms with Gasteiger partial charge in [0.1, 0.15) is 6.10 Å². The van der Waals surface area contributed by atoms with E-state index >= 15 is 0 Å². The van der Waals surface area contributed by atoms with Gasteiger partial charge in [0, 0.05) is 6.54 Å². The second-order valence-corrected chi connectivity index (χ2v) is 4.43. The molecule has 1 aliphatic carbocycles. The molecule has 1 unspecified atom stereocenters. The summed E-state index contributed by atoms with van der Waals surface area (Å²) in [7, 11) is 0. The lowest BCUT2D eigenvalue weighted by molar-refractivity contribution is -0.125. The Labute approximate surface area is 91.2 Å². The van der Waals surface area contributed by atoms with Gasteiger partial charge in [-0.25, -0.2) is 0 Å². The van der Waals surface area contributed by atoms with Gasteiger partial charge in [0.15, 0.2) is 0 Å². The molecule has 15 heavy (non-hydrogen) atoms. The van der Waals surface area contributed by atoms with Crippen LogP contribution in [0.2, 0.25) is 0 Å². The van der Waals surface area contributed by atoms with Crippen LogP contribution in [0.3, 0.4) is 0 Å². The molecular formula is C11H22N2O2. The van der Waals surface area contributed by atoms with Crippen molar-refractivity contribution in [2.24, 2.45) is 11.7 Å². The van der Waals surface area contributed by atoms with Crippen molar-refractivity contribution in [1.82, 2.24) is 5.32 Å². The van der Waals surface area contributed by atoms with E-state index in [1.165, 1.54) is 38.5 Å². The minimum atomic E-state index is -1.05. The molecule has 4 heteroatoms. The minimum absolute atomic E-state index is 0.284. The van der Waals surface area contributed by atoms with Crippen molar-refractivity contribution in [3.05, 3.63) is 0 Å². The number of carbonyl (C=O) groups is 1. The van der Waals surface area contributed by atoms with Crippen LogP contribution in [0.15, 0.2) is 0 Å². The number of nitrogens with two attached hydrogens (primary N) is 1. The molecule has 4 N–H and O–H groups in total. The number of nitrogens with one attached hydrogen (secondary N) is 1. The lowest BCUT2D eigenvalue weighted by Crippen LogP contribution is -2.39. The Hall–Kier alpha value is -0.610. The number of hydrogen-bond acceptors (Lipinski definition) is 3. The fraction of sp³-hybridized carbons (Fsp3) is 0.909. The van der Waals surface area contributed by atoms with E-state index in [0.29, 0.717) is 5.92 Å². The monoisotopic (exact) mass is 214 g/mol. The number of primary amides is 1. The fourth-order valence-electron chi connectivity index (χ4n) is 2.09. The highest BCUT2D eigenvalue weighted by molar-refractivity contribution is 5.78. The molecule has 0 aromatic rings. The highest BCUT2D eigenvalue weighted by atomic mass is 16.3. The van der Waals surface area contributed by atoms with Gasteiger partial charge in [0.25, 0.3) is 0 Å².